The van der Waals surface area contributed by atoms with Gasteiger partial charge in [0, 0.05) is 30.7 Å². The van der Waals surface area contributed by atoms with Crippen LogP contribution in [0.25, 0.3) is 28.0 Å². The van der Waals surface area contributed by atoms with Gasteiger partial charge in [-0.15, -0.1) is 0 Å². The van der Waals surface area contributed by atoms with Crippen LogP contribution in [0, 0.1) is 0 Å². The third kappa shape index (κ3) is 2.76. The molecule has 25 heavy (non-hydrogen) atoms. The number of pyridine rings is 1. The van der Waals surface area contributed by atoms with Gasteiger partial charge in [0.15, 0.2) is 0 Å². The molecule has 0 N–H and O–H groups in total. The van der Waals surface area contributed by atoms with E-state index in [1.165, 1.54) is 0 Å². The van der Waals surface area contributed by atoms with Crippen molar-refractivity contribution in [3.8, 4) is 0 Å². The fourth-order valence-electron chi connectivity index (χ4n) is 3.26. The molecule has 0 amide bonds. The second-order valence-electron chi connectivity index (χ2n) is 6.10. The summed E-state index contributed by atoms with van der Waals surface area (Å²) in [5, 5.41) is 1.13. The van der Waals surface area contributed by atoms with E-state index in [1.807, 2.05) is 54.2 Å². The number of para-hydroxylation sites is 3. The molecular weight excluding hydrogens is 310 g/mol. The van der Waals surface area contributed by atoms with Crippen molar-refractivity contribution in [2.75, 3.05) is 0 Å². The van der Waals surface area contributed by atoms with Crippen molar-refractivity contribution in [3.63, 3.8) is 0 Å². The molecule has 4 rings (SSSR count). The first-order valence-electron chi connectivity index (χ1n) is 8.40. The Kier molecular flexibility index (Phi) is 3.94. The fraction of sp³-hybridized carbons (Fsp3) is 0.143. The molecule has 2 aromatic carbocycles. The van der Waals surface area contributed by atoms with Crippen LogP contribution < -0.4 is 5.69 Å². The van der Waals surface area contributed by atoms with Gasteiger partial charge in [-0.3, -0.25) is 14.1 Å². The third-order valence-electron chi connectivity index (χ3n) is 4.53. The van der Waals surface area contributed by atoms with Gasteiger partial charge in [0.1, 0.15) is 0 Å². The Balaban J connectivity index is 1.58. The topological polar surface area (TPSA) is 39.8 Å². The van der Waals surface area contributed by atoms with E-state index in [-0.39, 0.29) is 5.69 Å². The van der Waals surface area contributed by atoms with Gasteiger partial charge >= 0.3 is 5.69 Å². The number of rotatable bonds is 4. The van der Waals surface area contributed by atoms with Gasteiger partial charge < -0.3 is 0 Å². The summed E-state index contributed by atoms with van der Waals surface area (Å²) >= 11 is 0. The first-order chi connectivity index (χ1) is 12.3. The van der Waals surface area contributed by atoms with Crippen molar-refractivity contribution >= 4 is 28.0 Å². The minimum atomic E-state index is 0.0291. The lowest BCUT2D eigenvalue weighted by atomic mass is 10.1. The van der Waals surface area contributed by atoms with E-state index in [0.717, 1.165) is 33.9 Å². The zero-order chi connectivity index (χ0) is 17.2. The lowest BCUT2D eigenvalue weighted by Crippen LogP contribution is -2.22. The minimum Gasteiger partial charge on any atom is -0.295 e. The molecule has 4 heteroatoms. The summed E-state index contributed by atoms with van der Waals surface area (Å²) in [4.78, 5) is 16.9. The molecule has 0 aliphatic heterocycles. The summed E-state index contributed by atoms with van der Waals surface area (Å²) in [6.07, 6.45) is 6.80. The van der Waals surface area contributed by atoms with Crippen molar-refractivity contribution in [1.82, 2.24) is 14.1 Å². The highest BCUT2D eigenvalue weighted by Gasteiger charge is 2.08. The smallest absolute Gasteiger partial charge is 0.295 e. The Hall–Kier alpha value is -3.14. The van der Waals surface area contributed by atoms with E-state index in [0.29, 0.717) is 6.54 Å². The normalized spacial score (nSPS) is 11.7. The largest absolute Gasteiger partial charge is 0.328 e. The van der Waals surface area contributed by atoms with Crippen molar-refractivity contribution in [2.45, 2.75) is 13.0 Å². The van der Waals surface area contributed by atoms with Crippen LogP contribution in [0.4, 0.5) is 0 Å². The molecule has 0 saturated carbocycles. The highest BCUT2D eigenvalue weighted by Crippen LogP contribution is 2.17. The van der Waals surface area contributed by atoms with Gasteiger partial charge in [0.05, 0.1) is 16.6 Å². The average Bonchev–Trinajstić information content (AvgIpc) is 2.90. The second kappa shape index (κ2) is 6.40. The standard InChI is InChI=1S/C21H19N3O/c1-23-18-12-2-3-13-19(18)24(21(23)25)15-5-4-8-16-9-6-10-17-11-7-14-22-20(16)17/h2-4,6-14H,5,15H2,1H3/b8-4+. The Bertz CT molecular complexity index is 1130. The number of hydrogen-bond donors (Lipinski definition) is 0. The lowest BCUT2D eigenvalue weighted by molar-refractivity contribution is 0.676. The molecular formula is C21H19N3O. The van der Waals surface area contributed by atoms with Crippen LogP contribution >= 0.6 is 0 Å². The number of aromatic nitrogens is 3. The number of aryl methyl sites for hydroxylation is 2. The van der Waals surface area contributed by atoms with Crippen LogP contribution in [-0.4, -0.2) is 14.1 Å². The molecule has 4 nitrogen and oxygen atoms in total. The van der Waals surface area contributed by atoms with Crippen molar-refractivity contribution in [1.29, 1.82) is 0 Å². The summed E-state index contributed by atoms with van der Waals surface area (Å²) in [6, 6.07) is 18.1. The van der Waals surface area contributed by atoms with Crippen LogP contribution in [0.1, 0.15) is 12.0 Å². The van der Waals surface area contributed by atoms with E-state index >= 15 is 0 Å². The Morgan fingerprint density at radius 3 is 2.68 bits per heavy atom. The first kappa shape index (κ1) is 15.4. The van der Waals surface area contributed by atoms with Crippen LogP contribution in [0.15, 0.2) is 71.7 Å². The van der Waals surface area contributed by atoms with Crippen molar-refractivity contribution < 1.29 is 0 Å². The maximum absolute atomic E-state index is 12.4. The minimum absolute atomic E-state index is 0.0291. The molecule has 0 radical (unpaired) electrons. The molecule has 2 aromatic heterocycles. The van der Waals surface area contributed by atoms with Crippen LogP contribution in [0.5, 0.6) is 0 Å². The molecule has 0 fully saturated rings. The summed E-state index contributed by atoms with van der Waals surface area (Å²) in [5.74, 6) is 0. The molecule has 4 aromatic rings. The summed E-state index contributed by atoms with van der Waals surface area (Å²) < 4.78 is 3.54. The number of allylic oxidation sites excluding steroid dienone is 1. The van der Waals surface area contributed by atoms with Crippen LogP contribution in [0.3, 0.4) is 0 Å². The molecule has 0 aliphatic rings. The number of imidazole rings is 1. The number of benzene rings is 2. The average molecular weight is 329 g/mol. The molecule has 0 atom stereocenters. The Labute approximate surface area is 145 Å². The van der Waals surface area contributed by atoms with Gasteiger partial charge in [-0.05, 0) is 24.6 Å². The van der Waals surface area contributed by atoms with Gasteiger partial charge in [0.2, 0.25) is 0 Å². The van der Waals surface area contributed by atoms with Gasteiger partial charge in [-0.2, -0.15) is 0 Å². The maximum atomic E-state index is 12.4. The van der Waals surface area contributed by atoms with E-state index in [4.69, 9.17) is 0 Å². The fourth-order valence-corrected chi connectivity index (χ4v) is 3.26. The molecule has 124 valence electrons. The molecule has 0 aliphatic carbocycles. The Morgan fingerprint density at radius 2 is 1.80 bits per heavy atom. The summed E-state index contributed by atoms with van der Waals surface area (Å²) in [6.45, 7) is 0.662. The maximum Gasteiger partial charge on any atom is 0.328 e. The zero-order valence-electron chi connectivity index (χ0n) is 14.1. The van der Waals surface area contributed by atoms with Gasteiger partial charge in [-0.1, -0.05) is 48.6 Å². The lowest BCUT2D eigenvalue weighted by Gasteiger charge is -2.02. The number of nitrogens with zero attached hydrogens (tertiary/aromatic N) is 3. The SMILES string of the molecule is Cn1c(=O)n(CC/C=C/c2cccc3cccnc23)c2ccccc21. The molecule has 2 heterocycles. The molecule has 0 saturated heterocycles. The number of hydrogen-bond acceptors (Lipinski definition) is 2. The zero-order valence-corrected chi connectivity index (χ0v) is 14.1. The molecule has 0 bridgehead atoms. The van der Waals surface area contributed by atoms with E-state index in [9.17, 15) is 4.79 Å². The predicted molar refractivity (Wildman–Crippen MR) is 103 cm³/mol. The highest BCUT2D eigenvalue weighted by atomic mass is 16.1. The summed E-state index contributed by atoms with van der Waals surface area (Å²) in [5.41, 5.74) is 4.08. The quantitative estimate of drug-likeness (QED) is 0.568. The molecule has 0 unspecified atom stereocenters. The summed E-state index contributed by atoms with van der Waals surface area (Å²) in [7, 11) is 1.82. The van der Waals surface area contributed by atoms with E-state index in [1.54, 1.807) is 4.57 Å². The van der Waals surface area contributed by atoms with Crippen molar-refractivity contribution in [3.05, 3.63) is 82.9 Å². The van der Waals surface area contributed by atoms with Gasteiger partial charge in [0.25, 0.3) is 0 Å². The third-order valence-corrected chi connectivity index (χ3v) is 4.53. The van der Waals surface area contributed by atoms with Gasteiger partial charge in [-0.25, -0.2) is 4.79 Å². The first-order valence-corrected chi connectivity index (χ1v) is 8.40. The monoisotopic (exact) mass is 329 g/mol. The Morgan fingerprint density at radius 1 is 1.00 bits per heavy atom. The van der Waals surface area contributed by atoms with Crippen LogP contribution in [-0.2, 0) is 13.6 Å². The number of fused-ring (bicyclic) bond motifs is 2. The molecule has 0 spiro atoms. The van der Waals surface area contributed by atoms with E-state index in [2.05, 4.69) is 35.3 Å². The highest BCUT2D eigenvalue weighted by molar-refractivity contribution is 5.86. The van der Waals surface area contributed by atoms with Crippen LogP contribution in [0.2, 0.25) is 0 Å². The second-order valence-corrected chi connectivity index (χ2v) is 6.10. The predicted octanol–water partition coefficient (Wildman–Crippen LogP) is 3.99. The van der Waals surface area contributed by atoms with Crippen molar-refractivity contribution in [2.24, 2.45) is 7.05 Å². The van der Waals surface area contributed by atoms with E-state index < -0.39 is 0 Å².